The number of rotatable bonds is 6. The molecule has 0 saturated heterocycles. The topological polar surface area (TPSA) is 112 Å². The molecule has 0 aliphatic carbocycles. The zero-order chi connectivity index (χ0) is 26.2. The lowest BCUT2D eigenvalue weighted by molar-refractivity contribution is -0.115. The second-order valence-electron chi connectivity index (χ2n) is 9.15. The Morgan fingerprint density at radius 1 is 0.872 bits per heavy atom. The number of nitrogens with zero attached hydrogens (tertiary/aromatic N) is 4. The molecule has 1 amide bonds. The molecule has 8 nitrogen and oxygen atoms in total. The van der Waals surface area contributed by atoms with Crippen molar-refractivity contribution in [2.45, 2.75) is 6.42 Å². The van der Waals surface area contributed by atoms with Crippen LogP contribution in [0.2, 0.25) is 0 Å². The lowest BCUT2D eigenvalue weighted by Gasteiger charge is -2.07. The summed E-state index contributed by atoms with van der Waals surface area (Å²) in [6.45, 7) is 0. The Bertz CT molecular complexity index is 1940. The van der Waals surface area contributed by atoms with E-state index in [-0.39, 0.29) is 5.91 Å². The molecule has 0 aliphatic heterocycles. The lowest BCUT2D eigenvalue weighted by atomic mass is 10.1. The highest BCUT2D eigenvalue weighted by Crippen LogP contribution is 2.35. The van der Waals surface area contributed by atoms with E-state index in [1.54, 1.807) is 29.9 Å². The highest BCUT2D eigenvalue weighted by atomic mass is 32.1. The first-order valence-electron chi connectivity index (χ1n) is 12.4. The predicted octanol–water partition coefficient (Wildman–Crippen LogP) is 6.47. The molecule has 0 spiro atoms. The van der Waals surface area contributed by atoms with Crippen LogP contribution in [-0.2, 0) is 11.2 Å². The van der Waals surface area contributed by atoms with E-state index in [2.05, 4.69) is 53.0 Å². The third kappa shape index (κ3) is 4.45. The van der Waals surface area contributed by atoms with Crippen LogP contribution in [0.5, 0.6) is 0 Å². The molecule has 0 radical (unpaired) electrons. The van der Waals surface area contributed by atoms with Crippen molar-refractivity contribution in [3.63, 3.8) is 0 Å². The summed E-state index contributed by atoms with van der Waals surface area (Å²) in [5.74, 6) is -0.0970. The monoisotopic (exact) mass is 527 g/mol. The number of aromatic amines is 2. The fourth-order valence-electron chi connectivity index (χ4n) is 4.72. The van der Waals surface area contributed by atoms with Crippen LogP contribution in [-0.4, -0.2) is 36.0 Å². The summed E-state index contributed by atoms with van der Waals surface area (Å²) in [5, 5.41) is 14.5. The second kappa shape index (κ2) is 9.62. The van der Waals surface area contributed by atoms with Crippen molar-refractivity contribution in [3.05, 3.63) is 102 Å². The standard InChI is InChI=1S/C30H21N7OS/c38-27(11-18-5-2-1-3-6-18)34-21-12-19(15-31-17-21)20-13-24-28(36-37-30(24)33-16-20)25-14-23-22(26-7-4-10-39-26)8-9-32-29(23)35-25/h1-10,12-17H,11H2,(H,32,35)(H,34,38)(H,33,36,37). The molecule has 0 unspecified atom stereocenters. The van der Waals surface area contributed by atoms with Crippen LogP contribution in [0.4, 0.5) is 5.69 Å². The summed E-state index contributed by atoms with van der Waals surface area (Å²) < 4.78 is 0. The van der Waals surface area contributed by atoms with Gasteiger partial charge in [-0.3, -0.25) is 14.9 Å². The number of nitrogens with one attached hydrogen (secondary N) is 3. The van der Waals surface area contributed by atoms with E-state index in [4.69, 9.17) is 0 Å². The summed E-state index contributed by atoms with van der Waals surface area (Å²) in [6.07, 6.45) is 7.29. The van der Waals surface area contributed by atoms with Crippen LogP contribution >= 0.6 is 11.3 Å². The molecular weight excluding hydrogens is 506 g/mol. The number of amides is 1. The number of carbonyl (C=O) groups excluding carboxylic acids is 1. The van der Waals surface area contributed by atoms with Crippen LogP contribution in [0, 0.1) is 0 Å². The number of carbonyl (C=O) groups is 1. The van der Waals surface area contributed by atoms with E-state index in [1.165, 1.54) is 4.88 Å². The second-order valence-corrected chi connectivity index (χ2v) is 10.1. The van der Waals surface area contributed by atoms with Gasteiger partial charge in [-0.2, -0.15) is 5.10 Å². The molecule has 188 valence electrons. The largest absolute Gasteiger partial charge is 0.338 e. The molecular formula is C30H21N7OS. The van der Waals surface area contributed by atoms with Crippen LogP contribution in [0.25, 0.3) is 55.0 Å². The van der Waals surface area contributed by atoms with Crippen LogP contribution in [0.1, 0.15) is 5.56 Å². The Morgan fingerprint density at radius 2 is 1.77 bits per heavy atom. The Morgan fingerprint density at radius 3 is 2.64 bits per heavy atom. The van der Waals surface area contributed by atoms with Crippen LogP contribution in [0.15, 0.2) is 96.9 Å². The van der Waals surface area contributed by atoms with Gasteiger partial charge in [0, 0.05) is 50.9 Å². The minimum absolute atomic E-state index is 0.0970. The van der Waals surface area contributed by atoms with E-state index < -0.39 is 0 Å². The number of H-pyrrole nitrogens is 2. The van der Waals surface area contributed by atoms with E-state index in [0.717, 1.165) is 50.1 Å². The maximum Gasteiger partial charge on any atom is 0.228 e. The molecule has 7 rings (SSSR count). The molecule has 39 heavy (non-hydrogen) atoms. The zero-order valence-corrected chi connectivity index (χ0v) is 21.4. The van der Waals surface area contributed by atoms with Crippen molar-refractivity contribution in [1.29, 1.82) is 0 Å². The maximum absolute atomic E-state index is 12.6. The Kier molecular flexibility index (Phi) is 5.68. The van der Waals surface area contributed by atoms with Gasteiger partial charge < -0.3 is 10.3 Å². The number of benzene rings is 1. The smallest absolute Gasteiger partial charge is 0.228 e. The Balaban J connectivity index is 1.21. The summed E-state index contributed by atoms with van der Waals surface area (Å²) in [4.78, 5) is 30.7. The number of thiophene rings is 1. The first kappa shape index (κ1) is 23.0. The summed E-state index contributed by atoms with van der Waals surface area (Å²) in [7, 11) is 0. The van der Waals surface area contributed by atoms with Gasteiger partial charge in [0.2, 0.25) is 5.91 Å². The van der Waals surface area contributed by atoms with E-state index in [0.29, 0.717) is 17.8 Å². The predicted molar refractivity (Wildman–Crippen MR) is 154 cm³/mol. The Hall–Kier alpha value is -5.15. The SMILES string of the molecule is O=C(Cc1ccccc1)Nc1cncc(-c2cnc3[nH]nc(-c4cc5c(-c6cccs6)ccnc5[nH]4)c3c2)c1. The third-order valence-corrected chi connectivity index (χ3v) is 7.46. The number of fused-ring (bicyclic) bond motifs is 2. The quantitative estimate of drug-likeness (QED) is 0.229. The van der Waals surface area contributed by atoms with Gasteiger partial charge in [-0.05, 0) is 41.3 Å². The minimum Gasteiger partial charge on any atom is -0.338 e. The highest BCUT2D eigenvalue weighted by molar-refractivity contribution is 7.13. The van der Waals surface area contributed by atoms with Crippen LogP contribution in [0.3, 0.4) is 0 Å². The van der Waals surface area contributed by atoms with E-state index in [1.807, 2.05) is 60.8 Å². The summed E-state index contributed by atoms with van der Waals surface area (Å²) >= 11 is 1.70. The molecule has 6 aromatic heterocycles. The number of hydrogen-bond donors (Lipinski definition) is 3. The van der Waals surface area contributed by atoms with Gasteiger partial charge in [0.15, 0.2) is 5.65 Å². The number of aromatic nitrogens is 6. The van der Waals surface area contributed by atoms with Crippen LogP contribution < -0.4 is 5.32 Å². The summed E-state index contributed by atoms with van der Waals surface area (Å²) in [5.41, 5.74) is 7.52. The van der Waals surface area contributed by atoms with Gasteiger partial charge in [0.1, 0.15) is 11.3 Å². The van der Waals surface area contributed by atoms with Gasteiger partial charge in [-0.1, -0.05) is 36.4 Å². The normalized spacial score (nSPS) is 11.3. The van der Waals surface area contributed by atoms with Crippen molar-refractivity contribution in [1.82, 2.24) is 30.1 Å². The molecule has 0 bridgehead atoms. The average molecular weight is 528 g/mol. The number of anilines is 1. The van der Waals surface area contributed by atoms with Gasteiger partial charge in [0.05, 0.1) is 24.0 Å². The van der Waals surface area contributed by atoms with Gasteiger partial charge in [-0.15, -0.1) is 11.3 Å². The van der Waals surface area contributed by atoms with Gasteiger partial charge in [-0.25, -0.2) is 9.97 Å². The molecule has 6 heterocycles. The number of pyridine rings is 3. The minimum atomic E-state index is -0.0970. The fraction of sp³-hybridized carbons (Fsp3) is 0.0333. The van der Waals surface area contributed by atoms with Crippen molar-refractivity contribution < 1.29 is 4.79 Å². The van der Waals surface area contributed by atoms with Gasteiger partial charge >= 0.3 is 0 Å². The maximum atomic E-state index is 12.6. The first-order chi connectivity index (χ1) is 19.2. The fourth-order valence-corrected chi connectivity index (χ4v) is 5.49. The molecule has 0 fully saturated rings. The van der Waals surface area contributed by atoms with Crippen molar-refractivity contribution >= 4 is 45.0 Å². The molecule has 1 aromatic carbocycles. The van der Waals surface area contributed by atoms with Crippen molar-refractivity contribution in [2.24, 2.45) is 0 Å². The molecule has 0 aliphatic rings. The van der Waals surface area contributed by atoms with E-state index >= 15 is 0 Å². The highest BCUT2D eigenvalue weighted by Gasteiger charge is 2.16. The molecule has 7 aromatic rings. The zero-order valence-electron chi connectivity index (χ0n) is 20.6. The van der Waals surface area contributed by atoms with E-state index in [9.17, 15) is 4.79 Å². The average Bonchev–Trinajstić information content (AvgIpc) is 3.73. The third-order valence-electron chi connectivity index (χ3n) is 6.55. The van der Waals surface area contributed by atoms with Crippen molar-refractivity contribution in [3.8, 4) is 33.0 Å². The molecule has 0 saturated carbocycles. The van der Waals surface area contributed by atoms with Crippen molar-refractivity contribution in [2.75, 3.05) is 5.32 Å². The van der Waals surface area contributed by atoms with Gasteiger partial charge in [0.25, 0.3) is 0 Å². The summed E-state index contributed by atoms with van der Waals surface area (Å²) in [6, 6.07) is 21.9. The molecule has 9 heteroatoms. The first-order valence-corrected chi connectivity index (χ1v) is 13.2. The lowest BCUT2D eigenvalue weighted by Crippen LogP contribution is -2.14. The number of hydrogen-bond acceptors (Lipinski definition) is 6. The Labute approximate surface area is 226 Å². The molecule has 3 N–H and O–H groups in total. The molecule has 0 atom stereocenters.